The standard InChI is InChI=1S/C19H16N4O3/c1-2-11-23-15-6-4-3-5-14(15)17(24)16(19(23)26)18(25)22-21-12-13-7-9-20-10-8-13/h2-10,12,24H,1,11H2,(H,22,25)/b21-12-. The summed E-state index contributed by atoms with van der Waals surface area (Å²) in [4.78, 5) is 29.0. The largest absolute Gasteiger partial charge is 0.506 e. The van der Waals surface area contributed by atoms with Gasteiger partial charge in [-0.05, 0) is 29.8 Å². The maximum absolute atomic E-state index is 12.7. The summed E-state index contributed by atoms with van der Waals surface area (Å²) >= 11 is 0. The minimum absolute atomic E-state index is 0.209. The van der Waals surface area contributed by atoms with Crippen molar-refractivity contribution in [1.29, 1.82) is 0 Å². The van der Waals surface area contributed by atoms with Crippen LogP contribution in [-0.4, -0.2) is 26.8 Å². The molecule has 0 atom stereocenters. The Kier molecular flexibility index (Phi) is 4.89. The number of benzene rings is 1. The van der Waals surface area contributed by atoms with Crippen molar-refractivity contribution in [1.82, 2.24) is 15.0 Å². The van der Waals surface area contributed by atoms with Crippen molar-refractivity contribution in [2.75, 3.05) is 0 Å². The van der Waals surface area contributed by atoms with Gasteiger partial charge in [0.2, 0.25) is 0 Å². The van der Waals surface area contributed by atoms with Gasteiger partial charge < -0.3 is 9.67 Å². The van der Waals surface area contributed by atoms with Crippen molar-refractivity contribution in [2.24, 2.45) is 5.10 Å². The molecule has 7 heteroatoms. The van der Waals surface area contributed by atoms with Gasteiger partial charge in [-0.2, -0.15) is 5.10 Å². The zero-order chi connectivity index (χ0) is 18.5. The maximum atomic E-state index is 12.7. The third kappa shape index (κ3) is 3.23. The topological polar surface area (TPSA) is 96.6 Å². The first-order valence-electron chi connectivity index (χ1n) is 7.82. The molecule has 0 bridgehead atoms. The van der Waals surface area contributed by atoms with Crippen molar-refractivity contribution >= 4 is 23.0 Å². The monoisotopic (exact) mass is 348 g/mol. The smallest absolute Gasteiger partial charge is 0.280 e. The van der Waals surface area contributed by atoms with Gasteiger partial charge in [0.1, 0.15) is 11.3 Å². The number of para-hydroxylation sites is 1. The minimum atomic E-state index is -0.790. The van der Waals surface area contributed by atoms with Gasteiger partial charge in [0.15, 0.2) is 0 Å². The Labute approximate surface area is 148 Å². The first-order valence-corrected chi connectivity index (χ1v) is 7.82. The van der Waals surface area contributed by atoms with Crippen molar-refractivity contribution < 1.29 is 9.90 Å². The van der Waals surface area contributed by atoms with E-state index in [1.165, 1.54) is 10.8 Å². The van der Waals surface area contributed by atoms with Crippen molar-refractivity contribution in [3.8, 4) is 5.75 Å². The lowest BCUT2D eigenvalue weighted by molar-refractivity contribution is 0.0950. The number of rotatable bonds is 5. The number of allylic oxidation sites excluding steroid dienone is 1. The lowest BCUT2D eigenvalue weighted by atomic mass is 10.1. The summed E-state index contributed by atoms with van der Waals surface area (Å²) in [6.07, 6.45) is 6.15. The summed E-state index contributed by atoms with van der Waals surface area (Å²) in [6.45, 7) is 3.84. The Balaban J connectivity index is 2.01. The number of aromatic hydroxyl groups is 1. The van der Waals surface area contributed by atoms with Crippen LogP contribution < -0.4 is 11.0 Å². The zero-order valence-electron chi connectivity index (χ0n) is 13.8. The van der Waals surface area contributed by atoms with E-state index in [9.17, 15) is 14.7 Å². The lowest BCUT2D eigenvalue weighted by Crippen LogP contribution is -2.31. The number of carbonyl (C=O) groups excluding carboxylic acids is 1. The van der Waals surface area contributed by atoms with E-state index in [0.29, 0.717) is 10.9 Å². The lowest BCUT2D eigenvalue weighted by Gasteiger charge is -2.12. The number of fused-ring (bicyclic) bond motifs is 1. The SMILES string of the molecule is C=CCn1c(=O)c(C(=O)N/N=C\c2ccncc2)c(O)c2ccccc21. The summed E-state index contributed by atoms with van der Waals surface area (Å²) in [5.41, 5.74) is 2.55. The van der Waals surface area contributed by atoms with Gasteiger partial charge in [0.05, 0.1) is 11.7 Å². The van der Waals surface area contributed by atoms with E-state index >= 15 is 0 Å². The molecule has 3 rings (SSSR count). The molecule has 130 valence electrons. The fourth-order valence-corrected chi connectivity index (χ4v) is 2.58. The summed E-state index contributed by atoms with van der Waals surface area (Å²) in [7, 11) is 0. The minimum Gasteiger partial charge on any atom is -0.506 e. The molecule has 2 aromatic heterocycles. The average molecular weight is 348 g/mol. The fourth-order valence-electron chi connectivity index (χ4n) is 2.58. The zero-order valence-corrected chi connectivity index (χ0v) is 13.8. The molecule has 0 aliphatic carbocycles. The van der Waals surface area contributed by atoms with Crippen molar-refractivity contribution in [3.05, 3.63) is 82.9 Å². The highest BCUT2D eigenvalue weighted by Gasteiger charge is 2.21. The first-order chi connectivity index (χ1) is 12.6. The molecule has 0 unspecified atom stereocenters. The molecule has 1 aromatic carbocycles. The Morgan fingerprint density at radius 3 is 2.73 bits per heavy atom. The van der Waals surface area contributed by atoms with Gasteiger partial charge in [-0.1, -0.05) is 18.2 Å². The Morgan fingerprint density at radius 2 is 2.00 bits per heavy atom. The third-order valence-electron chi connectivity index (χ3n) is 3.77. The van der Waals surface area contributed by atoms with Gasteiger partial charge in [0.25, 0.3) is 11.5 Å². The Hall–Kier alpha value is -3.74. The van der Waals surface area contributed by atoms with E-state index in [4.69, 9.17) is 0 Å². The molecular formula is C19H16N4O3. The second-order valence-electron chi connectivity index (χ2n) is 5.42. The molecule has 0 radical (unpaired) electrons. The first kappa shape index (κ1) is 17.1. The van der Waals surface area contributed by atoms with Crippen LogP contribution >= 0.6 is 0 Å². The fraction of sp³-hybridized carbons (Fsp3) is 0.0526. The molecule has 0 aliphatic rings. The van der Waals surface area contributed by atoms with Crippen LogP contribution in [-0.2, 0) is 6.54 Å². The van der Waals surface area contributed by atoms with Gasteiger partial charge in [0, 0.05) is 24.3 Å². The highest BCUT2D eigenvalue weighted by molar-refractivity contribution is 6.02. The van der Waals surface area contributed by atoms with Crippen molar-refractivity contribution in [2.45, 2.75) is 6.54 Å². The van der Waals surface area contributed by atoms with Crippen LogP contribution in [0.4, 0.5) is 0 Å². The summed E-state index contributed by atoms with van der Waals surface area (Å²) in [6, 6.07) is 10.2. The molecule has 0 fully saturated rings. The molecule has 0 spiro atoms. The number of aromatic nitrogens is 2. The van der Waals surface area contributed by atoms with Gasteiger partial charge in [-0.3, -0.25) is 14.6 Å². The van der Waals surface area contributed by atoms with Crippen molar-refractivity contribution in [3.63, 3.8) is 0 Å². The van der Waals surface area contributed by atoms with Gasteiger partial charge in [-0.25, -0.2) is 5.43 Å². The Morgan fingerprint density at radius 1 is 1.27 bits per heavy atom. The van der Waals surface area contributed by atoms with Crippen LogP contribution in [0.2, 0.25) is 0 Å². The number of hydrogen-bond acceptors (Lipinski definition) is 5. The molecule has 26 heavy (non-hydrogen) atoms. The van der Waals surface area contributed by atoms with Crippen LogP contribution in [0.1, 0.15) is 15.9 Å². The number of pyridine rings is 2. The van der Waals surface area contributed by atoms with E-state index < -0.39 is 11.5 Å². The summed E-state index contributed by atoms with van der Waals surface area (Å²) in [5.74, 6) is -1.16. The molecule has 0 aliphatic heterocycles. The van der Waals surface area contributed by atoms with E-state index in [-0.39, 0.29) is 17.9 Å². The molecule has 0 saturated heterocycles. The number of hydrogen-bond donors (Lipinski definition) is 2. The van der Waals surface area contributed by atoms with Crippen LogP contribution in [0.15, 0.2) is 71.3 Å². The predicted octanol–water partition coefficient (Wildman–Crippen LogP) is 2.05. The van der Waals surface area contributed by atoms with Crippen LogP contribution in [0.5, 0.6) is 5.75 Å². The molecule has 7 nitrogen and oxygen atoms in total. The average Bonchev–Trinajstić information content (AvgIpc) is 2.66. The van der Waals surface area contributed by atoms with Crippen LogP contribution in [0.3, 0.4) is 0 Å². The van der Waals surface area contributed by atoms with E-state index in [1.807, 2.05) is 0 Å². The molecule has 3 aromatic rings. The second-order valence-corrected chi connectivity index (χ2v) is 5.42. The number of amides is 1. The van der Waals surface area contributed by atoms with Gasteiger partial charge in [-0.15, -0.1) is 6.58 Å². The normalized spacial score (nSPS) is 10.9. The molecule has 1 amide bonds. The van der Waals surface area contributed by atoms with E-state index in [1.54, 1.807) is 54.9 Å². The molecule has 2 heterocycles. The van der Waals surface area contributed by atoms with Crippen LogP contribution in [0, 0.1) is 0 Å². The quantitative estimate of drug-likeness (QED) is 0.419. The summed E-state index contributed by atoms with van der Waals surface area (Å²) in [5, 5.41) is 14.7. The highest BCUT2D eigenvalue weighted by atomic mass is 16.3. The number of hydrazone groups is 1. The Bertz CT molecular complexity index is 1060. The van der Waals surface area contributed by atoms with Crippen LogP contribution in [0.25, 0.3) is 10.9 Å². The second kappa shape index (κ2) is 7.43. The molecule has 2 N–H and O–H groups in total. The van der Waals surface area contributed by atoms with E-state index in [0.717, 1.165) is 5.56 Å². The maximum Gasteiger partial charge on any atom is 0.280 e. The number of nitrogens with zero attached hydrogens (tertiary/aromatic N) is 3. The highest BCUT2D eigenvalue weighted by Crippen LogP contribution is 2.26. The molecule has 0 saturated carbocycles. The molecular weight excluding hydrogens is 332 g/mol. The number of nitrogens with one attached hydrogen (secondary N) is 1. The predicted molar refractivity (Wildman–Crippen MR) is 99.4 cm³/mol. The van der Waals surface area contributed by atoms with Gasteiger partial charge >= 0.3 is 0 Å². The van der Waals surface area contributed by atoms with E-state index in [2.05, 4.69) is 22.1 Å². The third-order valence-corrected chi connectivity index (χ3v) is 3.77. The number of carbonyl (C=O) groups is 1. The summed E-state index contributed by atoms with van der Waals surface area (Å²) < 4.78 is 1.38.